The third kappa shape index (κ3) is 6.38. The molecule has 0 atom stereocenters. The van der Waals surface area contributed by atoms with Crippen molar-refractivity contribution in [1.29, 1.82) is 0 Å². The summed E-state index contributed by atoms with van der Waals surface area (Å²) in [4.78, 5) is 50.7. The summed E-state index contributed by atoms with van der Waals surface area (Å²) in [6.45, 7) is 10.5. The van der Waals surface area contributed by atoms with E-state index < -0.39 is 48.6 Å². The summed E-state index contributed by atoms with van der Waals surface area (Å²) in [6.07, 6.45) is -1.23. The molecule has 1 saturated heterocycles. The van der Waals surface area contributed by atoms with E-state index in [2.05, 4.69) is 15.6 Å². The van der Waals surface area contributed by atoms with E-state index in [0.717, 1.165) is 27.7 Å². The molecule has 15 heteroatoms. The number of carbonyl (C=O) groups excluding carboxylic acids is 4. The van der Waals surface area contributed by atoms with Crippen LogP contribution in [0.3, 0.4) is 0 Å². The molecule has 1 spiro atoms. The summed E-state index contributed by atoms with van der Waals surface area (Å²) in [7, 11) is 0. The number of amides is 3. The largest absolute Gasteiger partial charge is 0.360 e. The van der Waals surface area contributed by atoms with Crippen LogP contribution in [-0.4, -0.2) is 71.7 Å². The van der Waals surface area contributed by atoms with Crippen molar-refractivity contribution in [1.82, 2.24) is 29.7 Å². The van der Waals surface area contributed by atoms with Crippen molar-refractivity contribution in [2.24, 2.45) is 0 Å². The number of aryl methyl sites for hydroxylation is 4. The third-order valence-corrected chi connectivity index (χ3v) is 8.90. The van der Waals surface area contributed by atoms with E-state index in [4.69, 9.17) is 20.6 Å². The second-order valence-corrected chi connectivity index (χ2v) is 12.3. The highest BCUT2D eigenvalue weighted by Gasteiger charge is 2.55. The standard InChI is InChI=1S/C20H22F2N4O4.C12H13ClN2O2/c1-11-8-14(13(3)26(11)16-9-12(2)30-24-16)15(27)10-25-17(28)19(23-18(25)29)4-6-20(21,22)7-5-19;1-7-4-10(11(16)6-13)9(3)15(7)12-5-8(2)17-14-12/h8-9H,4-7,10H2,1-3H3,(H,23,29);4-5H,6H2,1-3H3. The third-order valence-electron chi connectivity index (χ3n) is 8.66. The first-order valence-corrected chi connectivity index (χ1v) is 15.5. The van der Waals surface area contributed by atoms with Gasteiger partial charge in [-0.25, -0.2) is 13.6 Å². The number of ketones is 2. The topological polar surface area (TPSA) is 145 Å². The van der Waals surface area contributed by atoms with Crippen LogP contribution in [0.1, 0.15) is 80.7 Å². The summed E-state index contributed by atoms with van der Waals surface area (Å²) >= 11 is 5.58. The molecule has 0 bridgehead atoms. The van der Waals surface area contributed by atoms with Gasteiger partial charge in [-0.1, -0.05) is 10.3 Å². The molecule has 3 amide bonds. The predicted molar refractivity (Wildman–Crippen MR) is 166 cm³/mol. The second-order valence-electron chi connectivity index (χ2n) is 12.1. The molecule has 250 valence electrons. The van der Waals surface area contributed by atoms with Crippen LogP contribution in [0.15, 0.2) is 33.3 Å². The lowest BCUT2D eigenvalue weighted by Crippen LogP contribution is -2.51. The minimum Gasteiger partial charge on any atom is -0.360 e. The fourth-order valence-electron chi connectivity index (χ4n) is 6.21. The number of carbonyl (C=O) groups is 4. The number of urea groups is 1. The van der Waals surface area contributed by atoms with Gasteiger partial charge in [-0.3, -0.25) is 28.4 Å². The van der Waals surface area contributed by atoms with Gasteiger partial charge in [-0.05, 0) is 66.5 Å². The number of nitrogens with one attached hydrogen (secondary N) is 1. The number of imide groups is 1. The maximum absolute atomic E-state index is 13.5. The van der Waals surface area contributed by atoms with Crippen LogP contribution in [0.2, 0.25) is 0 Å². The summed E-state index contributed by atoms with van der Waals surface area (Å²) in [6, 6.07) is 6.32. The fraction of sp³-hybridized carbons (Fsp3) is 0.438. The summed E-state index contributed by atoms with van der Waals surface area (Å²) in [5, 5.41) is 10.5. The van der Waals surface area contributed by atoms with E-state index in [-0.39, 0.29) is 24.5 Å². The molecular formula is C32H35ClF2N6O6. The van der Waals surface area contributed by atoms with Crippen molar-refractivity contribution in [3.05, 3.63) is 69.7 Å². The zero-order valence-electron chi connectivity index (χ0n) is 26.9. The number of aromatic nitrogens is 4. The number of hydrogen-bond acceptors (Lipinski definition) is 8. The first kappa shape index (κ1) is 33.8. The zero-order chi connectivity index (χ0) is 34.4. The van der Waals surface area contributed by atoms with Gasteiger partial charge in [0.15, 0.2) is 23.2 Å². The lowest BCUT2D eigenvalue weighted by Gasteiger charge is -2.34. The number of nitrogens with zero attached hydrogens (tertiary/aromatic N) is 5. The molecule has 5 heterocycles. The number of alkyl halides is 3. The number of rotatable bonds is 7. The van der Waals surface area contributed by atoms with Crippen LogP contribution in [0.4, 0.5) is 13.6 Å². The predicted octanol–water partition coefficient (Wildman–Crippen LogP) is 5.89. The fourth-order valence-corrected chi connectivity index (χ4v) is 6.36. The van der Waals surface area contributed by atoms with Crippen molar-refractivity contribution in [3.8, 4) is 11.6 Å². The molecule has 0 unspecified atom stereocenters. The summed E-state index contributed by atoms with van der Waals surface area (Å²) in [5.74, 6) is -1.39. The van der Waals surface area contributed by atoms with Crippen LogP contribution in [0, 0.1) is 41.5 Å². The Kier molecular flexibility index (Phi) is 9.01. The highest BCUT2D eigenvalue weighted by molar-refractivity contribution is 6.30. The number of hydrogen-bond donors (Lipinski definition) is 1. The van der Waals surface area contributed by atoms with Crippen LogP contribution in [0.25, 0.3) is 11.6 Å². The first-order valence-electron chi connectivity index (χ1n) is 15.0. The van der Waals surface area contributed by atoms with Gasteiger partial charge in [-0.2, -0.15) is 0 Å². The van der Waals surface area contributed by atoms with Gasteiger partial charge in [0.05, 0.1) is 12.4 Å². The smallest absolute Gasteiger partial charge is 0.325 e. The van der Waals surface area contributed by atoms with Crippen molar-refractivity contribution in [2.45, 2.75) is 78.7 Å². The Labute approximate surface area is 274 Å². The summed E-state index contributed by atoms with van der Waals surface area (Å²) in [5.41, 5.74) is 2.76. The lowest BCUT2D eigenvalue weighted by atomic mass is 9.80. The zero-order valence-corrected chi connectivity index (χ0v) is 27.6. The van der Waals surface area contributed by atoms with E-state index in [0.29, 0.717) is 34.2 Å². The van der Waals surface area contributed by atoms with E-state index in [1.165, 1.54) is 0 Å². The molecule has 1 N–H and O–H groups in total. The molecule has 4 aromatic heterocycles. The molecule has 12 nitrogen and oxygen atoms in total. The monoisotopic (exact) mass is 672 g/mol. The summed E-state index contributed by atoms with van der Waals surface area (Å²) < 4.78 is 40.8. The molecule has 1 saturated carbocycles. The SMILES string of the molecule is Cc1cc(-n2c(C)cc(C(=O)CCl)c2C)no1.Cc1cc(-n2c(C)cc(C(=O)CN3C(=O)NC4(CCC(F)(F)CC4)C3=O)c2C)no1. The Balaban J connectivity index is 0.000000216. The van der Waals surface area contributed by atoms with Crippen LogP contribution < -0.4 is 5.32 Å². The molecule has 4 aromatic rings. The second kappa shape index (κ2) is 12.5. The Morgan fingerprint density at radius 1 is 0.809 bits per heavy atom. The first-order chi connectivity index (χ1) is 22.1. The van der Waals surface area contributed by atoms with Gasteiger partial charge < -0.3 is 14.4 Å². The molecular weight excluding hydrogens is 638 g/mol. The van der Waals surface area contributed by atoms with E-state index in [1.54, 1.807) is 37.5 Å². The van der Waals surface area contributed by atoms with Crippen molar-refractivity contribution >= 4 is 35.1 Å². The Bertz CT molecular complexity index is 1880. The number of halogens is 3. The average molecular weight is 673 g/mol. The van der Waals surface area contributed by atoms with E-state index >= 15 is 0 Å². The molecule has 0 aromatic carbocycles. The highest BCUT2D eigenvalue weighted by atomic mass is 35.5. The Morgan fingerprint density at radius 3 is 1.70 bits per heavy atom. The highest BCUT2D eigenvalue weighted by Crippen LogP contribution is 2.41. The Morgan fingerprint density at radius 2 is 1.28 bits per heavy atom. The van der Waals surface area contributed by atoms with Crippen molar-refractivity contribution in [3.63, 3.8) is 0 Å². The molecule has 2 fully saturated rings. The maximum Gasteiger partial charge on any atom is 0.325 e. The van der Waals surface area contributed by atoms with Crippen molar-refractivity contribution in [2.75, 3.05) is 12.4 Å². The quantitative estimate of drug-likeness (QED) is 0.145. The van der Waals surface area contributed by atoms with Gasteiger partial charge in [0.2, 0.25) is 5.92 Å². The van der Waals surface area contributed by atoms with Gasteiger partial charge in [-0.15, -0.1) is 11.6 Å². The minimum absolute atomic E-state index is 0.0118. The van der Waals surface area contributed by atoms with Crippen LogP contribution in [-0.2, 0) is 4.79 Å². The van der Waals surface area contributed by atoms with Crippen molar-refractivity contribution < 1.29 is 37.0 Å². The van der Waals surface area contributed by atoms with Crippen LogP contribution in [0.5, 0.6) is 0 Å². The number of Topliss-reactive ketones (excluding diaryl/α,β-unsaturated/α-hetero) is 2. The minimum atomic E-state index is -2.84. The van der Waals surface area contributed by atoms with E-state index in [1.807, 2.05) is 37.5 Å². The maximum atomic E-state index is 13.5. The lowest BCUT2D eigenvalue weighted by molar-refractivity contribution is -0.135. The molecule has 1 aliphatic carbocycles. The van der Waals surface area contributed by atoms with Gasteiger partial charge >= 0.3 is 6.03 Å². The molecule has 6 rings (SSSR count). The van der Waals surface area contributed by atoms with Gasteiger partial charge in [0.1, 0.15) is 17.1 Å². The van der Waals surface area contributed by atoms with E-state index in [9.17, 15) is 28.0 Å². The average Bonchev–Trinajstić information content (AvgIpc) is 3.81. The molecule has 1 aliphatic heterocycles. The van der Waals surface area contributed by atoms with Gasteiger partial charge in [0.25, 0.3) is 5.91 Å². The molecule has 47 heavy (non-hydrogen) atoms. The Hall–Kier alpha value is -4.59. The molecule has 0 radical (unpaired) electrons. The van der Waals surface area contributed by atoms with Gasteiger partial charge in [0, 0.05) is 58.9 Å². The van der Waals surface area contributed by atoms with Crippen LogP contribution >= 0.6 is 11.6 Å². The molecule has 2 aliphatic rings. The normalized spacial score (nSPS) is 16.7.